The minimum Gasteiger partial charge on any atom is -0.479 e. The second-order valence-corrected chi connectivity index (χ2v) is 7.18. The van der Waals surface area contributed by atoms with Crippen LogP contribution in [0.5, 0.6) is 5.88 Å². The monoisotopic (exact) mass is 384 g/mol. The van der Waals surface area contributed by atoms with Gasteiger partial charge >= 0.3 is 5.97 Å². The summed E-state index contributed by atoms with van der Waals surface area (Å²) in [6, 6.07) is 0.324. The minimum absolute atomic E-state index is 0.305. The maximum absolute atomic E-state index is 11.9. The van der Waals surface area contributed by atoms with Crippen molar-refractivity contribution in [2.75, 3.05) is 13.7 Å². The number of ether oxygens (including phenoxy) is 2. The molecule has 0 N–H and O–H groups in total. The Hall–Kier alpha value is -2.97. The molecule has 4 rings (SSSR count). The zero-order valence-corrected chi connectivity index (χ0v) is 16.3. The molecule has 0 amide bonds. The maximum atomic E-state index is 11.9. The fourth-order valence-corrected chi connectivity index (χ4v) is 3.82. The molecule has 3 aromatic rings. The van der Waals surface area contributed by atoms with Gasteiger partial charge in [0.1, 0.15) is 11.0 Å². The Bertz CT molecular complexity index is 995. The van der Waals surface area contributed by atoms with Gasteiger partial charge in [0, 0.05) is 6.20 Å². The van der Waals surface area contributed by atoms with Gasteiger partial charge in [-0.1, -0.05) is 19.8 Å². The maximum Gasteiger partial charge on any atom is 0.341 e. The summed E-state index contributed by atoms with van der Waals surface area (Å²) in [7, 11) is 1.58. The molecule has 148 valence electrons. The predicted molar refractivity (Wildman–Crippen MR) is 102 cm³/mol. The Morgan fingerprint density at radius 3 is 2.86 bits per heavy atom. The third-order valence-electron chi connectivity index (χ3n) is 5.15. The van der Waals surface area contributed by atoms with Crippen molar-refractivity contribution < 1.29 is 14.3 Å². The minimum atomic E-state index is -0.430. The van der Waals surface area contributed by atoms with Crippen molar-refractivity contribution in [3.63, 3.8) is 0 Å². The van der Waals surface area contributed by atoms with Crippen LogP contribution in [0.3, 0.4) is 0 Å². The molecule has 9 nitrogen and oxygen atoms in total. The standard InChI is InChI=1S/C19H24N6O3/c1-4-28-18(26)13-9-20-24(11-13)19-22-15-10-21-25(16(15)17(23-19)27-3)14-7-5-6-12(2)8-14/h9-12,14H,4-8H2,1-3H3. The first-order valence-electron chi connectivity index (χ1n) is 9.62. The number of rotatable bonds is 5. The van der Waals surface area contributed by atoms with E-state index in [1.807, 2.05) is 4.68 Å². The van der Waals surface area contributed by atoms with Crippen molar-refractivity contribution in [1.82, 2.24) is 29.5 Å². The fraction of sp³-hybridized carbons (Fsp3) is 0.526. The van der Waals surface area contributed by atoms with Crippen molar-refractivity contribution in [1.29, 1.82) is 0 Å². The Labute approximate surface area is 162 Å². The highest BCUT2D eigenvalue weighted by Gasteiger charge is 2.25. The largest absolute Gasteiger partial charge is 0.479 e. The number of hydrogen-bond donors (Lipinski definition) is 0. The molecular formula is C19H24N6O3. The van der Waals surface area contributed by atoms with Crippen LogP contribution in [0.4, 0.5) is 0 Å². The second kappa shape index (κ2) is 7.57. The highest BCUT2D eigenvalue weighted by Crippen LogP contribution is 2.35. The van der Waals surface area contributed by atoms with E-state index in [9.17, 15) is 4.79 Å². The topological polar surface area (TPSA) is 97.0 Å². The average molecular weight is 384 g/mol. The lowest BCUT2D eigenvalue weighted by atomic mass is 9.87. The highest BCUT2D eigenvalue weighted by atomic mass is 16.5. The summed E-state index contributed by atoms with van der Waals surface area (Å²) in [5.41, 5.74) is 1.83. The number of fused-ring (bicyclic) bond motifs is 1. The molecule has 0 radical (unpaired) electrons. The molecule has 0 saturated heterocycles. The third-order valence-corrected chi connectivity index (χ3v) is 5.15. The van der Waals surface area contributed by atoms with Crippen LogP contribution in [0.25, 0.3) is 17.0 Å². The lowest BCUT2D eigenvalue weighted by molar-refractivity contribution is 0.0526. The number of carbonyl (C=O) groups is 1. The number of hydrogen-bond acceptors (Lipinski definition) is 7. The summed E-state index contributed by atoms with van der Waals surface area (Å²) >= 11 is 0. The third kappa shape index (κ3) is 3.32. The summed E-state index contributed by atoms with van der Waals surface area (Å²) in [6.45, 7) is 4.34. The van der Waals surface area contributed by atoms with Gasteiger partial charge in [0.25, 0.3) is 5.95 Å². The van der Waals surface area contributed by atoms with E-state index in [0.29, 0.717) is 41.5 Å². The van der Waals surface area contributed by atoms with Gasteiger partial charge in [-0.3, -0.25) is 4.68 Å². The van der Waals surface area contributed by atoms with Gasteiger partial charge in [-0.2, -0.15) is 15.2 Å². The van der Waals surface area contributed by atoms with Crippen LogP contribution in [0.1, 0.15) is 55.9 Å². The van der Waals surface area contributed by atoms with Gasteiger partial charge in [0.15, 0.2) is 0 Å². The molecule has 2 atom stereocenters. The van der Waals surface area contributed by atoms with Gasteiger partial charge in [-0.05, 0) is 25.7 Å². The highest BCUT2D eigenvalue weighted by molar-refractivity contribution is 5.88. The van der Waals surface area contributed by atoms with E-state index >= 15 is 0 Å². The summed E-state index contributed by atoms with van der Waals surface area (Å²) in [5, 5.41) is 8.77. The normalized spacial score (nSPS) is 19.7. The van der Waals surface area contributed by atoms with E-state index in [4.69, 9.17) is 9.47 Å². The van der Waals surface area contributed by atoms with E-state index in [2.05, 4.69) is 27.1 Å². The Morgan fingerprint density at radius 1 is 1.25 bits per heavy atom. The Balaban J connectivity index is 1.72. The molecule has 1 aliphatic rings. The van der Waals surface area contributed by atoms with Crippen molar-refractivity contribution in [3.8, 4) is 11.8 Å². The van der Waals surface area contributed by atoms with Crippen LogP contribution in [-0.2, 0) is 4.74 Å². The molecule has 1 aliphatic carbocycles. The number of methoxy groups -OCH3 is 1. The summed E-state index contributed by atoms with van der Waals surface area (Å²) < 4.78 is 14.0. The molecule has 0 aromatic carbocycles. The molecule has 3 aromatic heterocycles. The molecule has 0 spiro atoms. The number of carbonyl (C=O) groups excluding carboxylic acids is 1. The van der Waals surface area contributed by atoms with Crippen molar-refractivity contribution >= 4 is 17.0 Å². The van der Waals surface area contributed by atoms with Crippen LogP contribution < -0.4 is 4.74 Å². The predicted octanol–water partition coefficient (Wildman–Crippen LogP) is 2.95. The molecule has 1 fully saturated rings. The van der Waals surface area contributed by atoms with Gasteiger partial charge in [0.2, 0.25) is 5.88 Å². The lowest BCUT2D eigenvalue weighted by Gasteiger charge is -2.27. The first-order valence-corrected chi connectivity index (χ1v) is 9.62. The molecule has 9 heteroatoms. The number of nitrogens with zero attached hydrogens (tertiary/aromatic N) is 6. The molecule has 3 heterocycles. The Kier molecular flexibility index (Phi) is 4.97. The zero-order chi connectivity index (χ0) is 19.7. The molecular weight excluding hydrogens is 360 g/mol. The molecule has 0 aliphatic heterocycles. The van der Waals surface area contributed by atoms with Crippen molar-refractivity contribution in [3.05, 3.63) is 24.2 Å². The van der Waals surface area contributed by atoms with Crippen molar-refractivity contribution in [2.45, 2.75) is 45.6 Å². The van der Waals surface area contributed by atoms with Gasteiger partial charge < -0.3 is 9.47 Å². The lowest BCUT2D eigenvalue weighted by Crippen LogP contribution is -2.19. The molecule has 1 saturated carbocycles. The van der Waals surface area contributed by atoms with Gasteiger partial charge in [-0.25, -0.2) is 14.5 Å². The van der Waals surface area contributed by atoms with Crippen LogP contribution in [0.15, 0.2) is 18.6 Å². The average Bonchev–Trinajstić information content (AvgIpc) is 3.35. The SMILES string of the molecule is CCOC(=O)c1cnn(-c2nc(OC)c3c(cnn3C3CCCC(C)C3)n2)c1. The van der Waals surface area contributed by atoms with E-state index in [0.717, 1.165) is 18.4 Å². The van der Waals surface area contributed by atoms with E-state index in [1.54, 1.807) is 26.4 Å². The Morgan fingerprint density at radius 2 is 2.11 bits per heavy atom. The summed E-state index contributed by atoms with van der Waals surface area (Å²) in [5.74, 6) is 1.01. The second-order valence-electron chi connectivity index (χ2n) is 7.18. The molecule has 28 heavy (non-hydrogen) atoms. The fourth-order valence-electron chi connectivity index (χ4n) is 3.82. The molecule has 0 bridgehead atoms. The zero-order valence-electron chi connectivity index (χ0n) is 16.3. The smallest absolute Gasteiger partial charge is 0.341 e. The van der Waals surface area contributed by atoms with E-state index in [1.165, 1.54) is 23.7 Å². The summed E-state index contributed by atoms with van der Waals surface area (Å²) in [6.07, 6.45) is 9.35. The number of esters is 1. The summed E-state index contributed by atoms with van der Waals surface area (Å²) in [4.78, 5) is 21.0. The van der Waals surface area contributed by atoms with Crippen molar-refractivity contribution in [2.24, 2.45) is 5.92 Å². The van der Waals surface area contributed by atoms with Gasteiger partial charge in [0.05, 0.1) is 37.7 Å². The number of aromatic nitrogens is 6. The van der Waals surface area contributed by atoms with Gasteiger partial charge in [-0.15, -0.1) is 0 Å². The van der Waals surface area contributed by atoms with E-state index in [-0.39, 0.29) is 0 Å². The first-order chi connectivity index (χ1) is 13.6. The van der Waals surface area contributed by atoms with Crippen LogP contribution in [0.2, 0.25) is 0 Å². The van der Waals surface area contributed by atoms with Crippen LogP contribution in [0, 0.1) is 5.92 Å². The quantitative estimate of drug-likeness (QED) is 0.624. The molecule has 2 unspecified atom stereocenters. The van der Waals surface area contributed by atoms with Crippen LogP contribution >= 0.6 is 0 Å². The van der Waals surface area contributed by atoms with E-state index < -0.39 is 5.97 Å². The van der Waals surface area contributed by atoms with Crippen LogP contribution in [-0.4, -0.2) is 49.2 Å². The first kappa shape index (κ1) is 18.4.